The number of hydrogen-bond acceptors (Lipinski definition) is 4. The van der Waals surface area contributed by atoms with Gasteiger partial charge in [-0.3, -0.25) is 4.79 Å². The molecule has 5 heteroatoms. The highest BCUT2D eigenvalue weighted by molar-refractivity contribution is 6.01. The zero-order valence-electron chi connectivity index (χ0n) is 13.1. The molecule has 1 fully saturated rings. The molecule has 0 spiro atoms. The zero-order valence-corrected chi connectivity index (χ0v) is 13.1. The molecule has 3 aromatic rings. The molecule has 2 aliphatic rings. The summed E-state index contributed by atoms with van der Waals surface area (Å²) in [6, 6.07) is 13.6. The first-order valence-corrected chi connectivity index (χ1v) is 8.31. The van der Waals surface area contributed by atoms with Gasteiger partial charge in [-0.05, 0) is 30.5 Å². The first-order valence-electron chi connectivity index (χ1n) is 8.31. The average molecular weight is 316 g/mol. The lowest BCUT2D eigenvalue weighted by atomic mass is 10.0. The van der Waals surface area contributed by atoms with Gasteiger partial charge in [0.2, 0.25) is 0 Å². The summed E-state index contributed by atoms with van der Waals surface area (Å²) in [5.41, 5.74) is 1.86. The fourth-order valence-corrected chi connectivity index (χ4v) is 3.42. The van der Waals surface area contributed by atoms with Crippen LogP contribution in [0.3, 0.4) is 0 Å². The summed E-state index contributed by atoms with van der Waals surface area (Å²) >= 11 is 0. The molecule has 0 N–H and O–H groups in total. The van der Waals surface area contributed by atoms with E-state index in [0.717, 1.165) is 41.4 Å². The Bertz CT molecular complexity index is 928. The molecule has 2 aliphatic carbocycles. The highest BCUT2D eigenvalue weighted by Gasteiger charge is 2.36. The molecule has 1 aromatic carbocycles. The molecule has 1 atom stereocenters. The highest BCUT2D eigenvalue weighted by Crippen LogP contribution is 2.41. The third-order valence-electron chi connectivity index (χ3n) is 4.80. The van der Waals surface area contributed by atoms with Crippen molar-refractivity contribution in [1.82, 2.24) is 19.7 Å². The average Bonchev–Trinajstić information content (AvgIpc) is 3.30. The van der Waals surface area contributed by atoms with Crippen LogP contribution in [0.2, 0.25) is 0 Å². The summed E-state index contributed by atoms with van der Waals surface area (Å²) in [6.45, 7) is 0. The largest absolute Gasteiger partial charge is 0.294 e. The molecule has 0 aliphatic heterocycles. The third kappa shape index (κ3) is 2.08. The van der Waals surface area contributed by atoms with Crippen molar-refractivity contribution in [3.8, 4) is 5.82 Å². The minimum absolute atomic E-state index is 0.0456. The van der Waals surface area contributed by atoms with Gasteiger partial charge in [-0.25, -0.2) is 9.97 Å². The number of rotatable bonds is 3. The van der Waals surface area contributed by atoms with E-state index in [-0.39, 0.29) is 11.7 Å². The lowest BCUT2D eigenvalue weighted by Gasteiger charge is -2.11. The van der Waals surface area contributed by atoms with Crippen molar-refractivity contribution in [1.29, 1.82) is 0 Å². The number of Topliss-reactive ketones (excluding diaryl/α,β-unsaturated/α-hetero) is 1. The maximum Gasteiger partial charge on any atom is 0.164 e. The van der Waals surface area contributed by atoms with E-state index in [9.17, 15) is 4.79 Å². The maximum atomic E-state index is 12.4. The lowest BCUT2D eigenvalue weighted by Crippen LogP contribution is -2.09. The van der Waals surface area contributed by atoms with Crippen LogP contribution in [0.15, 0.2) is 48.7 Å². The van der Waals surface area contributed by atoms with Crippen LogP contribution in [0.4, 0.5) is 0 Å². The quantitative estimate of drug-likeness (QED) is 0.744. The Morgan fingerprint density at radius 2 is 1.88 bits per heavy atom. The van der Waals surface area contributed by atoms with Crippen molar-refractivity contribution >= 4 is 5.78 Å². The number of carbonyl (C=O) groups is 1. The predicted octanol–water partition coefficient (Wildman–Crippen LogP) is 3.26. The molecule has 0 amide bonds. The molecule has 0 unspecified atom stereocenters. The zero-order chi connectivity index (χ0) is 16.1. The molecule has 5 rings (SSSR count). The van der Waals surface area contributed by atoms with E-state index in [0.29, 0.717) is 12.3 Å². The Kier molecular flexibility index (Phi) is 2.89. The van der Waals surface area contributed by atoms with Crippen LogP contribution in [0.5, 0.6) is 0 Å². The van der Waals surface area contributed by atoms with Gasteiger partial charge in [0.1, 0.15) is 5.82 Å². The molecule has 118 valence electrons. The fourth-order valence-electron chi connectivity index (χ4n) is 3.42. The van der Waals surface area contributed by atoms with Crippen molar-refractivity contribution in [2.45, 2.75) is 31.1 Å². The second kappa shape index (κ2) is 5.09. The van der Waals surface area contributed by atoms with Gasteiger partial charge in [0.15, 0.2) is 17.4 Å². The third-order valence-corrected chi connectivity index (χ3v) is 4.80. The first-order chi connectivity index (χ1) is 11.8. The maximum absolute atomic E-state index is 12.4. The molecular formula is C19H16N4O. The van der Waals surface area contributed by atoms with Gasteiger partial charge in [-0.15, -0.1) is 5.10 Å². The van der Waals surface area contributed by atoms with Crippen molar-refractivity contribution in [3.63, 3.8) is 0 Å². The summed E-state index contributed by atoms with van der Waals surface area (Å²) in [5, 5.41) is 4.72. The number of hydrogen-bond donors (Lipinski definition) is 0. The van der Waals surface area contributed by atoms with Gasteiger partial charge < -0.3 is 0 Å². The minimum Gasteiger partial charge on any atom is -0.294 e. The second-order valence-electron chi connectivity index (χ2n) is 6.47. The molecule has 24 heavy (non-hydrogen) atoms. The van der Waals surface area contributed by atoms with Gasteiger partial charge in [0.05, 0.1) is 5.92 Å². The number of ketones is 1. The molecule has 5 nitrogen and oxygen atoms in total. The van der Waals surface area contributed by atoms with E-state index in [1.54, 1.807) is 6.20 Å². The Morgan fingerprint density at radius 3 is 2.67 bits per heavy atom. The molecule has 2 aromatic heterocycles. The van der Waals surface area contributed by atoms with Crippen molar-refractivity contribution in [2.75, 3.05) is 0 Å². The Hall–Kier alpha value is -2.82. The van der Waals surface area contributed by atoms with Crippen LogP contribution < -0.4 is 0 Å². The number of aromatic nitrogens is 4. The monoisotopic (exact) mass is 316 g/mol. The van der Waals surface area contributed by atoms with E-state index in [4.69, 9.17) is 10.1 Å². The minimum atomic E-state index is -0.0456. The van der Waals surface area contributed by atoms with Crippen LogP contribution in [-0.4, -0.2) is 25.5 Å². The Balaban J connectivity index is 1.67. The number of carbonyl (C=O) groups excluding carboxylic acids is 1. The van der Waals surface area contributed by atoms with E-state index in [1.807, 2.05) is 47.1 Å². The van der Waals surface area contributed by atoms with Gasteiger partial charge in [0, 0.05) is 24.1 Å². The Labute approximate surface area is 139 Å². The molecule has 2 heterocycles. The molecule has 0 radical (unpaired) electrons. The number of benzene rings is 1. The molecular weight excluding hydrogens is 300 g/mol. The summed E-state index contributed by atoms with van der Waals surface area (Å²) in [7, 11) is 0. The number of nitrogens with zero attached hydrogens (tertiary/aromatic N) is 4. The van der Waals surface area contributed by atoms with Gasteiger partial charge in [-0.1, -0.05) is 30.3 Å². The van der Waals surface area contributed by atoms with Gasteiger partial charge >= 0.3 is 0 Å². The SMILES string of the molecule is O=C1C[C@@H](c2nc(C3CC3)nn2-c2ccccn2)c2ccccc21. The number of fused-ring (bicyclic) bond motifs is 1. The molecule has 0 bridgehead atoms. The smallest absolute Gasteiger partial charge is 0.164 e. The van der Waals surface area contributed by atoms with E-state index in [2.05, 4.69) is 4.98 Å². The number of pyridine rings is 1. The summed E-state index contributed by atoms with van der Waals surface area (Å²) in [6.07, 6.45) is 4.50. The molecule has 0 saturated heterocycles. The fraction of sp³-hybridized carbons (Fsp3) is 0.263. The molecule has 1 saturated carbocycles. The van der Waals surface area contributed by atoms with E-state index in [1.165, 1.54) is 0 Å². The van der Waals surface area contributed by atoms with Gasteiger partial charge in [-0.2, -0.15) is 4.68 Å². The first kappa shape index (κ1) is 13.6. The van der Waals surface area contributed by atoms with Gasteiger partial charge in [0.25, 0.3) is 0 Å². The van der Waals surface area contributed by atoms with Crippen LogP contribution in [-0.2, 0) is 0 Å². The predicted molar refractivity (Wildman–Crippen MR) is 88.4 cm³/mol. The summed E-state index contributed by atoms with van der Waals surface area (Å²) in [4.78, 5) is 21.6. The van der Waals surface area contributed by atoms with Crippen LogP contribution in [0.1, 0.15) is 58.7 Å². The van der Waals surface area contributed by atoms with Crippen LogP contribution in [0.25, 0.3) is 5.82 Å². The summed E-state index contributed by atoms with van der Waals surface area (Å²) < 4.78 is 1.83. The lowest BCUT2D eigenvalue weighted by molar-refractivity contribution is 0.0990. The highest BCUT2D eigenvalue weighted by atomic mass is 16.1. The van der Waals surface area contributed by atoms with E-state index < -0.39 is 0 Å². The Morgan fingerprint density at radius 1 is 1.04 bits per heavy atom. The topological polar surface area (TPSA) is 60.7 Å². The normalized spacial score (nSPS) is 19.5. The standard InChI is InChI=1S/C19H16N4O/c24-16-11-15(13-5-1-2-6-14(13)16)19-21-18(12-8-9-12)22-23(19)17-7-3-4-10-20-17/h1-7,10,12,15H,8-9,11H2/t15-/m1/s1. The van der Waals surface area contributed by atoms with Crippen molar-refractivity contribution < 1.29 is 4.79 Å². The van der Waals surface area contributed by atoms with Crippen LogP contribution in [0, 0.1) is 0 Å². The van der Waals surface area contributed by atoms with Crippen molar-refractivity contribution in [3.05, 3.63) is 71.4 Å². The summed E-state index contributed by atoms with van der Waals surface area (Å²) in [5.74, 6) is 3.06. The van der Waals surface area contributed by atoms with Crippen LogP contribution >= 0.6 is 0 Å². The van der Waals surface area contributed by atoms with Crippen molar-refractivity contribution in [2.24, 2.45) is 0 Å². The van der Waals surface area contributed by atoms with E-state index >= 15 is 0 Å². The second-order valence-corrected chi connectivity index (χ2v) is 6.47.